The van der Waals surface area contributed by atoms with Crippen LogP contribution in [0.5, 0.6) is 0 Å². The minimum absolute atomic E-state index is 0.0952. The number of benzene rings is 2. The van der Waals surface area contributed by atoms with Crippen molar-refractivity contribution >= 4 is 46.6 Å². The Morgan fingerprint density at radius 1 is 1.16 bits per heavy atom. The molecule has 11 heteroatoms. The van der Waals surface area contributed by atoms with E-state index in [0.717, 1.165) is 22.4 Å². The summed E-state index contributed by atoms with van der Waals surface area (Å²) in [5.41, 5.74) is 4.75. The second kappa shape index (κ2) is 9.23. The molecule has 0 bridgehead atoms. The molecule has 0 aliphatic heterocycles. The van der Waals surface area contributed by atoms with Crippen LogP contribution in [0.2, 0.25) is 10.0 Å². The maximum atomic E-state index is 12.4. The minimum Gasteiger partial charge on any atom is -0.335 e. The predicted octanol–water partition coefficient (Wildman–Crippen LogP) is 4.70. The number of hydrogen-bond donors (Lipinski definition) is 3. The Morgan fingerprint density at radius 3 is 2.62 bits per heavy atom. The molecule has 0 unspecified atom stereocenters. The number of nitrogens with one attached hydrogen (secondary N) is 2. The normalized spacial score (nSPS) is 11.0. The number of halogens is 2. The van der Waals surface area contributed by atoms with Gasteiger partial charge in [-0.3, -0.25) is 9.89 Å². The average molecular weight is 488 g/mol. The number of rotatable bonds is 6. The van der Waals surface area contributed by atoms with Gasteiger partial charge in [0, 0.05) is 10.6 Å². The molecule has 4 aromatic rings. The Kier molecular flexibility index (Phi) is 6.40. The molecule has 0 saturated carbocycles. The van der Waals surface area contributed by atoms with Crippen LogP contribution in [0.4, 0.5) is 5.69 Å². The highest BCUT2D eigenvalue weighted by atomic mass is 35.5. The molecule has 0 radical (unpaired) electrons. The van der Waals surface area contributed by atoms with Gasteiger partial charge in [0.05, 0.1) is 22.2 Å². The molecule has 0 aliphatic rings. The molecule has 2 heterocycles. The maximum absolute atomic E-state index is 12.4. The number of amides is 1. The van der Waals surface area contributed by atoms with Crippen molar-refractivity contribution in [2.45, 2.75) is 19.0 Å². The quantitative estimate of drug-likeness (QED) is 0.268. The number of anilines is 1. The van der Waals surface area contributed by atoms with Gasteiger partial charge in [-0.25, -0.2) is 4.68 Å². The van der Waals surface area contributed by atoms with Crippen LogP contribution in [0.1, 0.15) is 11.1 Å². The highest BCUT2D eigenvalue weighted by Gasteiger charge is 2.17. The van der Waals surface area contributed by atoms with Gasteiger partial charge in [0.1, 0.15) is 5.69 Å². The van der Waals surface area contributed by atoms with E-state index in [9.17, 15) is 4.79 Å². The van der Waals surface area contributed by atoms with Crippen LogP contribution in [0, 0.1) is 13.8 Å². The van der Waals surface area contributed by atoms with Crippen molar-refractivity contribution in [2.24, 2.45) is 0 Å². The molecule has 164 valence electrons. The second-order valence-electron chi connectivity index (χ2n) is 7.13. The average Bonchev–Trinajstić information content (AvgIpc) is 3.36. The van der Waals surface area contributed by atoms with Gasteiger partial charge < -0.3 is 11.2 Å². The summed E-state index contributed by atoms with van der Waals surface area (Å²) in [6.45, 7) is 3.84. The summed E-state index contributed by atoms with van der Waals surface area (Å²) in [4.78, 5) is 12.4. The summed E-state index contributed by atoms with van der Waals surface area (Å²) < 4.78 is 1.32. The number of carbonyl (C=O) groups excluding carboxylic acids is 1. The fraction of sp³-hybridized carbons (Fsp3) is 0.143. The Balaban J connectivity index is 1.44. The van der Waals surface area contributed by atoms with Gasteiger partial charge in [-0.1, -0.05) is 53.2 Å². The SMILES string of the molecule is Cc1cc(C)c(NC(=O)CSc2nnc(-c3cc(-c4ccc(Cl)cc4)n[nH]3)n2N)c(Cl)c1. The van der Waals surface area contributed by atoms with E-state index >= 15 is 0 Å². The van der Waals surface area contributed by atoms with Crippen LogP contribution in [-0.2, 0) is 4.79 Å². The summed E-state index contributed by atoms with van der Waals surface area (Å²) in [6.07, 6.45) is 0. The summed E-state index contributed by atoms with van der Waals surface area (Å²) in [5.74, 6) is 6.43. The molecule has 32 heavy (non-hydrogen) atoms. The molecule has 0 saturated heterocycles. The first kappa shape index (κ1) is 22.2. The molecular formula is C21H19Cl2N7OS. The van der Waals surface area contributed by atoms with Crippen LogP contribution < -0.4 is 11.2 Å². The van der Waals surface area contributed by atoms with E-state index in [-0.39, 0.29) is 11.7 Å². The van der Waals surface area contributed by atoms with Crippen molar-refractivity contribution in [3.8, 4) is 22.8 Å². The third-order valence-electron chi connectivity index (χ3n) is 4.65. The molecule has 0 spiro atoms. The van der Waals surface area contributed by atoms with E-state index in [0.29, 0.717) is 32.4 Å². The lowest BCUT2D eigenvalue weighted by Crippen LogP contribution is -2.17. The number of nitrogens with zero attached hydrogens (tertiary/aromatic N) is 4. The van der Waals surface area contributed by atoms with E-state index in [1.165, 1.54) is 16.4 Å². The Morgan fingerprint density at radius 2 is 1.91 bits per heavy atom. The number of aryl methyl sites for hydroxylation is 2. The first-order valence-corrected chi connectivity index (χ1v) is 11.3. The van der Waals surface area contributed by atoms with E-state index in [1.807, 2.05) is 44.2 Å². The molecule has 0 fully saturated rings. The fourth-order valence-electron chi connectivity index (χ4n) is 3.14. The number of carbonyl (C=O) groups is 1. The number of aromatic amines is 1. The number of hydrogen-bond acceptors (Lipinski definition) is 6. The van der Waals surface area contributed by atoms with Gasteiger partial charge in [0.25, 0.3) is 0 Å². The number of H-pyrrole nitrogens is 1. The fourth-order valence-corrected chi connectivity index (χ4v) is 4.29. The monoisotopic (exact) mass is 487 g/mol. The maximum Gasteiger partial charge on any atom is 0.234 e. The Labute approximate surface area is 198 Å². The molecule has 2 aromatic heterocycles. The Bertz CT molecular complexity index is 1260. The summed E-state index contributed by atoms with van der Waals surface area (Å²) in [7, 11) is 0. The van der Waals surface area contributed by atoms with Crippen molar-refractivity contribution in [1.29, 1.82) is 0 Å². The standard InChI is InChI=1S/C21H19Cl2N7OS/c1-11-7-12(2)19(15(23)8-11)25-18(31)10-32-21-29-28-20(30(21)24)17-9-16(26-27-17)13-3-5-14(22)6-4-13/h3-9H,10,24H2,1-2H3,(H,25,31)(H,26,27). The molecule has 4 N–H and O–H groups in total. The van der Waals surface area contributed by atoms with Gasteiger partial charge in [-0.2, -0.15) is 5.10 Å². The summed E-state index contributed by atoms with van der Waals surface area (Å²) in [6, 6.07) is 12.9. The van der Waals surface area contributed by atoms with Gasteiger partial charge in [-0.15, -0.1) is 10.2 Å². The lowest BCUT2D eigenvalue weighted by atomic mass is 10.1. The largest absolute Gasteiger partial charge is 0.335 e. The predicted molar refractivity (Wildman–Crippen MR) is 128 cm³/mol. The van der Waals surface area contributed by atoms with Crippen molar-refractivity contribution in [1.82, 2.24) is 25.1 Å². The molecule has 2 aromatic carbocycles. The van der Waals surface area contributed by atoms with Crippen LogP contribution in [0.3, 0.4) is 0 Å². The van der Waals surface area contributed by atoms with E-state index in [2.05, 4.69) is 25.7 Å². The number of thioether (sulfide) groups is 1. The van der Waals surface area contributed by atoms with Crippen LogP contribution in [-0.4, -0.2) is 36.7 Å². The number of nitrogens with two attached hydrogens (primary N) is 1. The molecule has 1 amide bonds. The smallest absolute Gasteiger partial charge is 0.234 e. The van der Waals surface area contributed by atoms with E-state index < -0.39 is 0 Å². The van der Waals surface area contributed by atoms with Crippen molar-refractivity contribution in [3.05, 3.63) is 63.6 Å². The van der Waals surface area contributed by atoms with Gasteiger partial charge in [0.15, 0.2) is 0 Å². The van der Waals surface area contributed by atoms with Crippen LogP contribution in [0.15, 0.2) is 47.6 Å². The van der Waals surface area contributed by atoms with E-state index in [1.54, 1.807) is 12.1 Å². The first-order chi connectivity index (χ1) is 15.3. The highest BCUT2D eigenvalue weighted by molar-refractivity contribution is 7.99. The zero-order chi connectivity index (χ0) is 22.8. The third kappa shape index (κ3) is 4.74. The first-order valence-electron chi connectivity index (χ1n) is 9.53. The zero-order valence-electron chi connectivity index (χ0n) is 17.2. The molecule has 8 nitrogen and oxygen atoms in total. The Hall–Kier alpha value is -3.01. The van der Waals surface area contributed by atoms with E-state index in [4.69, 9.17) is 29.0 Å². The highest BCUT2D eigenvalue weighted by Crippen LogP contribution is 2.28. The minimum atomic E-state index is -0.222. The molecule has 4 rings (SSSR count). The zero-order valence-corrected chi connectivity index (χ0v) is 19.5. The van der Waals surface area contributed by atoms with Gasteiger partial charge >= 0.3 is 0 Å². The topological polar surface area (TPSA) is 115 Å². The lowest BCUT2D eigenvalue weighted by Gasteiger charge is -2.11. The van der Waals surface area contributed by atoms with Crippen molar-refractivity contribution in [2.75, 3.05) is 16.9 Å². The summed E-state index contributed by atoms with van der Waals surface area (Å²) in [5, 5.41) is 19.8. The lowest BCUT2D eigenvalue weighted by molar-refractivity contribution is -0.113. The summed E-state index contributed by atoms with van der Waals surface area (Å²) >= 11 is 13.4. The van der Waals surface area contributed by atoms with Crippen molar-refractivity contribution < 1.29 is 4.79 Å². The third-order valence-corrected chi connectivity index (χ3v) is 6.14. The molecular weight excluding hydrogens is 469 g/mol. The molecule has 0 aliphatic carbocycles. The van der Waals surface area contributed by atoms with Crippen LogP contribution >= 0.6 is 35.0 Å². The molecule has 0 atom stereocenters. The number of nitrogen functional groups attached to an aromatic ring is 1. The second-order valence-corrected chi connectivity index (χ2v) is 8.91. The van der Waals surface area contributed by atoms with Crippen molar-refractivity contribution in [3.63, 3.8) is 0 Å². The van der Waals surface area contributed by atoms with Gasteiger partial charge in [-0.05, 0) is 49.2 Å². The van der Waals surface area contributed by atoms with Crippen LogP contribution in [0.25, 0.3) is 22.8 Å². The number of aromatic nitrogens is 5. The van der Waals surface area contributed by atoms with Gasteiger partial charge in [0.2, 0.25) is 16.9 Å².